The van der Waals surface area contributed by atoms with Gasteiger partial charge in [0.05, 0.1) is 0 Å². The van der Waals surface area contributed by atoms with Crippen LogP contribution < -0.4 is 10.2 Å². The van der Waals surface area contributed by atoms with Crippen LogP contribution in [0.2, 0.25) is 0 Å². The number of phenols is 2. The van der Waals surface area contributed by atoms with Crippen LogP contribution in [0, 0.1) is 0 Å². The second-order valence-electron chi connectivity index (χ2n) is 7.51. The third-order valence-corrected chi connectivity index (χ3v) is 5.72. The van der Waals surface area contributed by atoms with E-state index in [9.17, 15) is 10.2 Å². The first-order chi connectivity index (χ1) is 13.6. The van der Waals surface area contributed by atoms with Crippen molar-refractivity contribution in [3.8, 4) is 11.5 Å². The lowest BCUT2D eigenvalue weighted by Crippen LogP contribution is -2.49. The smallest absolute Gasteiger partial charge is 0.157 e. The first-order valence-corrected chi connectivity index (χ1v) is 10.4. The highest BCUT2D eigenvalue weighted by atomic mass is 16.3. The Labute approximate surface area is 168 Å². The minimum absolute atomic E-state index is 0.0415. The Morgan fingerprint density at radius 2 is 1.50 bits per heavy atom. The predicted octanol–water partition coefficient (Wildman–Crippen LogP) is 3.00. The Bertz CT molecular complexity index is 738. The second kappa shape index (κ2) is 9.80. The Morgan fingerprint density at radius 3 is 2.11 bits per heavy atom. The Hall–Kier alpha value is -2.24. The van der Waals surface area contributed by atoms with Crippen molar-refractivity contribution in [2.75, 3.05) is 44.2 Å². The van der Waals surface area contributed by atoms with Crippen LogP contribution in [0.3, 0.4) is 0 Å². The Kier molecular flexibility index (Phi) is 7.18. The van der Waals surface area contributed by atoms with Crippen molar-refractivity contribution in [3.05, 3.63) is 53.6 Å². The fourth-order valence-electron chi connectivity index (χ4n) is 4.05. The normalized spacial score (nSPS) is 16.1. The van der Waals surface area contributed by atoms with E-state index in [-0.39, 0.29) is 11.5 Å². The summed E-state index contributed by atoms with van der Waals surface area (Å²) in [6.07, 6.45) is 1.83. The van der Waals surface area contributed by atoms with E-state index < -0.39 is 0 Å². The van der Waals surface area contributed by atoms with Crippen LogP contribution in [0.25, 0.3) is 0 Å². The van der Waals surface area contributed by atoms with E-state index >= 15 is 0 Å². The summed E-state index contributed by atoms with van der Waals surface area (Å²) in [6, 6.07) is 14.5. The molecule has 0 aliphatic carbocycles. The molecule has 1 saturated heterocycles. The number of piperazine rings is 1. The summed E-state index contributed by atoms with van der Waals surface area (Å²) < 4.78 is 0. The third-order valence-electron chi connectivity index (χ3n) is 5.72. The zero-order valence-electron chi connectivity index (χ0n) is 17.1. The van der Waals surface area contributed by atoms with E-state index in [1.54, 1.807) is 12.1 Å². The number of nitrogens with one attached hydrogen (secondary N) is 1. The lowest BCUT2D eigenvalue weighted by molar-refractivity contribution is 0.170. The van der Waals surface area contributed by atoms with Crippen molar-refractivity contribution in [2.24, 2.45) is 0 Å². The highest BCUT2D eigenvalue weighted by Gasteiger charge is 2.22. The fraction of sp³-hybridized carbons (Fsp3) is 0.478. The van der Waals surface area contributed by atoms with Crippen molar-refractivity contribution in [1.29, 1.82) is 0 Å². The van der Waals surface area contributed by atoms with E-state index in [1.807, 2.05) is 6.07 Å². The number of aromatic hydroxyl groups is 2. The standard InChI is InChI=1S/C23H33N3O2/c1-3-25(4-2)20-8-5-18(6-9-20)15-21(26-13-11-24-12-14-26)16-19-7-10-22(27)23(28)17-19/h5-10,17,21,24,27-28H,3-4,11-16H2,1-2H3. The molecule has 0 radical (unpaired) electrons. The number of hydrogen-bond donors (Lipinski definition) is 3. The lowest BCUT2D eigenvalue weighted by Gasteiger charge is -2.35. The molecule has 5 nitrogen and oxygen atoms in total. The maximum atomic E-state index is 9.86. The molecule has 1 fully saturated rings. The molecule has 0 amide bonds. The van der Waals surface area contributed by atoms with Gasteiger partial charge in [0.2, 0.25) is 0 Å². The molecular formula is C23H33N3O2. The van der Waals surface area contributed by atoms with Gasteiger partial charge in [-0.05, 0) is 62.1 Å². The van der Waals surface area contributed by atoms with Gasteiger partial charge in [0.1, 0.15) is 0 Å². The molecule has 1 unspecified atom stereocenters. The van der Waals surface area contributed by atoms with E-state index in [0.717, 1.165) is 57.7 Å². The molecule has 1 heterocycles. The zero-order valence-corrected chi connectivity index (χ0v) is 17.1. The average Bonchev–Trinajstić information content (AvgIpc) is 2.73. The van der Waals surface area contributed by atoms with Crippen LogP contribution >= 0.6 is 0 Å². The zero-order chi connectivity index (χ0) is 19.9. The minimum Gasteiger partial charge on any atom is -0.504 e. The van der Waals surface area contributed by atoms with Gasteiger partial charge in [0.25, 0.3) is 0 Å². The molecule has 28 heavy (non-hydrogen) atoms. The first kappa shape index (κ1) is 20.5. The Morgan fingerprint density at radius 1 is 0.893 bits per heavy atom. The van der Waals surface area contributed by atoms with Gasteiger partial charge in [-0.1, -0.05) is 18.2 Å². The van der Waals surface area contributed by atoms with Gasteiger partial charge in [0, 0.05) is 51.0 Å². The summed E-state index contributed by atoms with van der Waals surface area (Å²) in [5, 5.41) is 22.9. The Balaban J connectivity index is 1.75. The van der Waals surface area contributed by atoms with Gasteiger partial charge in [-0.3, -0.25) is 4.90 Å². The van der Waals surface area contributed by atoms with Crippen LogP contribution in [0.5, 0.6) is 11.5 Å². The van der Waals surface area contributed by atoms with Crippen LogP contribution in [0.4, 0.5) is 5.69 Å². The lowest BCUT2D eigenvalue weighted by atomic mass is 9.96. The van der Waals surface area contributed by atoms with Crippen molar-refractivity contribution in [1.82, 2.24) is 10.2 Å². The van der Waals surface area contributed by atoms with Gasteiger partial charge in [-0.15, -0.1) is 0 Å². The van der Waals surface area contributed by atoms with Crippen molar-refractivity contribution >= 4 is 5.69 Å². The summed E-state index contributed by atoms with van der Waals surface area (Å²) in [4.78, 5) is 4.90. The molecule has 1 aliphatic rings. The van der Waals surface area contributed by atoms with Crippen molar-refractivity contribution in [2.45, 2.75) is 32.7 Å². The number of hydrogen-bond acceptors (Lipinski definition) is 5. The summed E-state index contributed by atoms with van der Waals surface area (Å²) >= 11 is 0. The van der Waals surface area contributed by atoms with E-state index in [1.165, 1.54) is 11.3 Å². The van der Waals surface area contributed by atoms with Crippen molar-refractivity contribution < 1.29 is 10.2 Å². The van der Waals surface area contributed by atoms with Gasteiger partial charge < -0.3 is 20.4 Å². The molecule has 5 heteroatoms. The third kappa shape index (κ3) is 5.18. The molecule has 152 valence electrons. The van der Waals surface area contributed by atoms with Gasteiger partial charge >= 0.3 is 0 Å². The summed E-state index contributed by atoms with van der Waals surface area (Å²) in [6.45, 7) is 10.5. The summed E-state index contributed by atoms with van der Waals surface area (Å²) in [7, 11) is 0. The van der Waals surface area contributed by atoms with Crippen LogP contribution in [0.15, 0.2) is 42.5 Å². The number of rotatable bonds is 8. The van der Waals surface area contributed by atoms with Crippen LogP contribution in [-0.4, -0.2) is 60.4 Å². The molecule has 0 bridgehead atoms. The SMILES string of the molecule is CCN(CC)c1ccc(CC(Cc2ccc(O)c(O)c2)N2CCNCC2)cc1. The maximum Gasteiger partial charge on any atom is 0.157 e. The molecule has 1 aliphatic heterocycles. The van der Waals surface area contributed by atoms with Crippen LogP contribution in [-0.2, 0) is 12.8 Å². The molecule has 1 atom stereocenters. The molecule has 0 aromatic heterocycles. The largest absolute Gasteiger partial charge is 0.504 e. The summed E-state index contributed by atoms with van der Waals surface area (Å²) in [5.41, 5.74) is 3.66. The summed E-state index contributed by atoms with van der Waals surface area (Å²) in [5.74, 6) is -0.102. The first-order valence-electron chi connectivity index (χ1n) is 10.4. The van der Waals surface area contributed by atoms with E-state index in [2.05, 4.69) is 53.2 Å². The molecular weight excluding hydrogens is 350 g/mol. The predicted molar refractivity (Wildman–Crippen MR) is 115 cm³/mol. The van der Waals surface area contributed by atoms with Gasteiger partial charge in [-0.2, -0.15) is 0 Å². The van der Waals surface area contributed by atoms with Gasteiger partial charge in [-0.25, -0.2) is 0 Å². The van der Waals surface area contributed by atoms with E-state index in [0.29, 0.717) is 6.04 Å². The maximum absolute atomic E-state index is 9.86. The van der Waals surface area contributed by atoms with E-state index in [4.69, 9.17) is 0 Å². The quantitative estimate of drug-likeness (QED) is 0.612. The second-order valence-corrected chi connectivity index (χ2v) is 7.51. The average molecular weight is 384 g/mol. The highest BCUT2D eigenvalue weighted by Crippen LogP contribution is 2.27. The number of nitrogens with zero attached hydrogens (tertiary/aromatic N) is 2. The molecule has 0 saturated carbocycles. The molecule has 0 spiro atoms. The molecule has 3 rings (SSSR count). The van der Waals surface area contributed by atoms with Crippen LogP contribution in [0.1, 0.15) is 25.0 Å². The highest BCUT2D eigenvalue weighted by molar-refractivity contribution is 5.47. The topological polar surface area (TPSA) is 59.0 Å². The molecule has 3 N–H and O–H groups in total. The monoisotopic (exact) mass is 383 g/mol. The minimum atomic E-state index is -0.0607. The fourth-order valence-corrected chi connectivity index (χ4v) is 4.05. The molecule has 2 aromatic carbocycles. The number of anilines is 1. The number of phenolic OH excluding ortho intramolecular Hbond substituents is 2. The van der Waals surface area contributed by atoms with Gasteiger partial charge in [0.15, 0.2) is 11.5 Å². The number of benzene rings is 2. The van der Waals surface area contributed by atoms with Crippen molar-refractivity contribution in [3.63, 3.8) is 0 Å². The molecule has 2 aromatic rings.